The molecule has 0 amide bonds. The first kappa shape index (κ1) is 14.0. The molecule has 1 unspecified atom stereocenters. The second-order valence-corrected chi connectivity index (χ2v) is 6.42. The molecule has 1 aromatic heterocycles. The fraction of sp³-hybridized carbons (Fsp3) is 0.308. The SMILES string of the molecule is Cc1csc(CNC(C)c2ccc(Br)cc2Cl)n1. The average Bonchev–Trinajstić information content (AvgIpc) is 2.72. The van der Waals surface area contributed by atoms with Gasteiger partial charge in [0.15, 0.2) is 0 Å². The molecule has 2 nitrogen and oxygen atoms in total. The fourth-order valence-electron chi connectivity index (χ4n) is 1.69. The Bertz CT molecular complexity index is 542. The molecule has 96 valence electrons. The summed E-state index contributed by atoms with van der Waals surface area (Å²) >= 11 is 11.3. The molecule has 0 saturated carbocycles. The van der Waals surface area contributed by atoms with Crippen LogP contribution in [0.2, 0.25) is 5.02 Å². The smallest absolute Gasteiger partial charge is 0.107 e. The van der Waals surface area contributed by atoms with Crippen molar-refractivity contribution in [1.82, 2.24) is 10.3 Å². The molecule has 0 aliphatic heterocycles. The molecule has 18 heavy (non-hydrogen) atoms. The van der Waals surface area contributed by atoms with Crippen LogP contribution in [0.25, 0.3) is 0 Å². The Morgan fingerprint density at radius 3 is 2.89 bits per heavy atom. The van der Waals surface area contributed by atoms with Gasteiger partial charge in [0, 0.05) is 33.2 Å². The zero-order valence-corrected chi connectivity index (χ0v) is 13.4. The summed E-state index contributed by atoms with van der Waals surface area (Å²) < 4.78 is 0.999. The Kier molecular flexibility index (Phi) is 4.78. The summed E-state index contributed by atoms with van der Waals surface area (Å²) in [5.74, 6) is 0. The summed E-state index contributed by atoms with van der Waals surface area (Å²) in [4.78, 5) is 4.43. The molecule has 0 aliphatic carbocycles. The van der Waals surface area contributed by atoms with Crippen molar-refractivity contribution < 1.29 is 0 Å². The summed E-state index contributed by atoms with van der Waals surface area (Å²) in [5, 5.41) is 7.38. The van der Waals surface area contributed by atoms with Crippen LogP contribution >= 0.6 is 38.9 Å². The highest BCUT2D eigenvalue weighted by atomic mass is 79.9. The maximum atomic E-state index is 6.23. The van der Waals surface area contributed by atoms with E-state index in [1.54, 1.807) is 11.3 Å². The number of nitrogens with zero attached hydrogens (tertiary/aromatic N) is 1. The van der Waals surface area contributed by atoms with Crippen LogP contribution in [0.4, 0.5) is 0 Å². The molecule has 1 atom stereocenters. The van der Waals surface area contributed by atoms with Gasteiger partial charge >= 0.3 is 0 Å². The van der Waals surface area contributed by atoms with Gasteiger partial charge in [-0.3, -0.25) is 0 Å². The Labute approximate surface area is 125 Å². The van der Waals surface area contributed by atoms with E-state index in [0.29, 0.717) is 0 Å². The van der Waals surface area contributed by atoms with Crippen molar-refractivity contribution in [2.75, 3.05) is 0 Å². The van der Waals surface area contributed by atoms with Crippen LogP contribution in [-0.4, -0.2) is 4.98 Å². The number of aromatic nitrogens is 1. The van der Waals surface area contributed by atoms with Crippen LogP contribution in [0.3, 0.4) is 0 Å². The molecule has 0 spiro atoms. The lowest BCUT2D eigenvalue weighted by molar-refractivity contribution is 0.573. The van der Waals surface area contributed by atoms with E-state index in [4.69, 9.17) is 11.6 Å². The molecule has 0 bridgehead atoms. The Hall–Kier alpha value is -0.420. The predicted molar refractivity (Wildman–Crippen MR) is 81.3 cm³/mol. The van der Waals surface area contributed by atoms with E-state index < -0.39 is 0 Å². The standard InChI is InChI=1S/C13H14BrClN2S/c1-8-7-18-13(17-8)6-16-9(2)11-4-3-10(14)5-12(11)15/h3-5,7,9,16H,6H2,1-2H3. The molecule has 0 aliphatic rings. The van der Waals surface area contributed by atoms with Gasteiger partial charge in [-0.15, -0.1) is 11.3 Å². The Balaban J connectivity index is 2.01. The van der Waals surface area contributed by atoms with Crippen LogP contribution in [0.1, 0.15) is 29.2 Å². The minimum absolute atomic E-state index is 0.204. The van der Waals surface area contributed by atoms with Crippen molar-refractivity contribution in [3.63, 3.8) is 0 Å². The molecule has 2 rings (SSSR count). The number of hydrogen-bond acceptors (Lipinski definition) is 3. The molecular weight excluding hydrogens is 332 g/mol. The molecule has 0 fully saturated rings. The maximum Gasteiger partial charge on any atom is 0.107 e. The van der Waals surface area contributed by atoms with Gasteiger partial charge in [0.1, 0.15) is 5.01 Å². The summed E-state index contributed by atoms with van der Waals surface area (Å²) in [6.45, 7) is 4.89. The molecule has 2 aromatic rings. The maximum absolute atomic E-state index is 6.23. The Morgan fingerprint density at radius 2 is 2.28 bits per heavy atom. The average molecular weight is 346 g/mol. The highest BCUT2D eigenvalue weighted by Gasteiger charge is 2.10. The molecule has 5 heteroatoms. The van der Waals surface area contributed by atoms with Crippen LogP contribution < -0.4 is 5.32 Å². The molecule has 1 N–H and O–H groups in total. The van der Waals surface area contributed by atoms with Crippen LogP contribution in [0.15, 0.2) is 28.1 Å². The van der Waals surface area contributed by atoms with Gasteiger partial charge < -0.3 is 5.32 Å². The summed E-state index contributed by atoms with van der Waals surface area (Å²) in [6, 6.07) is 6.17. The van der Waals surface area contributed by atoms with E-state index in [9.17, 15) is 0 Å². The number of hydrogen-bond donors (Lipinski definition) is 1. The summed E-state index contributed by atoms with van der Waals surface area (Å²) in [6.07, 6.45) is 0. The third-order valence-corrected chi connectivity index (χ3v) is 4.44. The third kappa shape index (κ3) is 3.54. The lowest BCUT2D eigenvalue weighted by Crippen LogP contribution is -2.18. The number of benzene rings is 1. The van der Waals surface area contributed by atoms with Crippen LogP contribution in [0.5, 0.6) is 0 Å². The van der Waals surface area contributed by atoms with Crippen molar-refractivity contribution in [3.8, 4) is 0 Å². The van der Waals surface area contributed by atoms with E-state index in [2.05, 4.69) is 38.5 Å². The number of thiazole rings is 1. The van der Waals surface area contributed by atoms with Crippen molar-refractivity contribution in [2.24, 2.45) is 0 Å². The summed E-state index contributed by atoms with van der Waals surface area (Å²) in [7, 11) is 0. The monoisotopic (exact) mass is 344 g/mol. The normalized spacial score (nSPS) is 12.7. The molecular formula is C13H14BrClN2S. The fourth-order valence-corrected chi connectivity index (χ4v) is 3.25. The minimum atomic E-state index is 0.204. The van der Waals surface area contributed by atoms with Crippen LogP contribution in [-0.2, 0) is 6.54 Å². The number of nitrogens with one attached hydrogen (secondary N) is 1. The van der Waals surface area contributed by atoms with Crippen molar-refractivity contribution in [3.05, 3.63) is 49.3 Å². The predicted octanol–water partition coefficient (Wildman–Crippen LogP) is 4.72. The zero-order valence-electron chi connectivity index (χ0n) is 10.2. The van der Waals surface area contributed by atoms with Gasteiger partial charge in [0.25, 0.3) is 0 Å². The second kappa shape index (κ2) is 6.15. The van der Waals surface area contributed by atoms with E-state index in [-0.39, 0.29) is 6.04 Å². The van der Waals surface area contributed by atoms with Gasteiger partial charge in [-0.25, -0.2) is 4.98 Å². The number of rotatable bonds is 4. The molecule has 1 heterocycles. The largest absolute Gasteiger partial charge is 0.304 e. The number of aryl methyl sites for hydroxylation is 1. The van der Waals surface area contributed by atoms with Gasteiger partial charge in [-0.05, 0) is 31.5 Å². The molecule has 0 radical (unpaired) electrons. The van der Waals surface area contributed by atoms with E-state index in [0.717, 1.165) is 32.3 Å². The Morgan fingerprint density at radius 1 is 1.50 bits per heavy atom. The summed E-state index contributed by atoms with van der Waals surface area (Å²) in [5.41, 5.74) is 2.18. The minimum Gasteiger partial charge on any atom is -0.304 e. The lowest BCUT2D eigenvalue weighted by atomic mass is 10.1. The third-order valence-electron chi connectivity index (χ3n) is 2.66. The van der Waals surface area contributed by atoms with Crippen molar-refractivity contribution in [1.29, 1.82) is 0 Å². The van der Waals surface area contributed by atoms with Gasteiger partial charge in [0.05, 0.1) is 0 Å². The van der Waals surface area contributed by atoms with Gasteiger partial charge in [-0.1, -0.05) is 33.6 Å². The highest BCUT2D eigenvalue weighted by molar-refractivity contribution is 9.10. The second-order valence-electron chi connectivity index (χ2n) is 4.15. The van der Waals surface area contributed by atoms with Crippen LogP contribution in [0, 0.1) is 6.92 Å². The molecule has 1 aromatic carbocycles. The molecule has 0 saturated heterocycles. The van der Waals surface area contributed by atoms with E-state index in [1.807, 2.05) is 25.1 Å². The number of halogens is 2. The zero-order chi connectivity index (χ0) is 13.1. The first-order chi connectivity index (χ1) is 8.56. The van der Waals surface area contributed by atoms with Gasteiger partial charge in [0.2, 0.25) is 0 Å². The highest BCUT2D eigenvalue weighted by Crippen LogP contribution is 2.26. The van der Waals surface area contributed by atoms with E-state index in [1.165, 1.54) is 0 Å². The van der Waals surface area contributed by atoms with Crippen molar-refractivity contribution in [2.45, 2.75) is 26.4 Å². The first-order valence-corrected chi connectivity index (χ1v) is 7.70. The van der Waals surface area contributed by atoms with Crippen molar-refractivity contribution >= 4 is 38.9 Å². The lowest BCUT2D eigenvalue weighted by Gasteiger charge is -2.15. The first-order valence-electron chi connectivity index (χ1n) is 5.65. The van der Waals surface area contributed by atoms with E-state index >= 15 is 0 Å². The van der Waals surface area contributed by atoms with Gasteiger partial charge in [-0.2, -0.15) is 0 Å². The quantitative estimate of drug-likeness (QED) is 0.867. The topological polar surface area (TPSA) is 24.9 Å².